The number of carbonyl (C=O) groups is 2. The minimum atomic E-state index is -3.82. The van der Waals surface area contributed by atoms with Crippen LogP contribution >= 0.6 is 11.3 Å². The molecule has 2 aromatic rings. The molecule has 1 aliphatic rings. The maximum Gasteiger partial charge on any atom is 0.250 e. The summed E-state index contributed by atoms with van der Waals surface area (Å²) in [7, 11) is -0.818. The fourth-order valence-corrected chi connectivity index (χ4v) is 7.50. The lowest BCUT2D eigenvalue weighted by Gasteiger charge is -2.42. The van der Waals surface area contributed by atoms with Crippen molar-refractivity contribution in [2.45, 2.75) is 50.1 Å². The topological polar surface area (TPSA) is 128 Å². The standard InChI is InChI=1S/C25H35N3O6S2/c1-24(2)15-18-19(23(26)30)21(35-22(18)25(3,4)27-24)20(29)16-7-9-17(10-8-16)36(31,32)28(11-13-33-5)12-14-34-6/h7-10,27H,11-15H2,1-6H3,(H2,26,30). The Morgan fingerprint density at radius 2 is 1.61 bits per heavy atom. The lowest BCUT2D eigenvalue weighted by molar-refractivity contribution is 0.0981. The van der Waals surface area contributed by atoms with E-state index in [1.165, 1.54) is 54.1 Å². The predicted molar refractivity (Wildman–Crippen MR) is 139 cm³/mol. The fraction of sp³-hybridized carbons (Fsp3) is 0.520. The van der Waals surface area contributed by atoms with Crippen LogP contribution in [-0.2, 0) is 31.5 Å². The lowest BCUT2D eigenvalue weighted by Crippen LogP contribution is -2.55. The minimum Gasteiger partial charge on any atom is -0.383 e. The molecule has 0 unspecified atom stereocenters. The van der Waals surface area contributed by atoms with Crippen LogP contribution in [0, 0.1) is 0 Å². The molecular weight excluding hydrogens is 502 g/mol. The van der Waals surface area contributed by atoms with Crippen molar-refractivity contribution in [3.05, 3.63) is 50.7 Å². The van der Waals surface area contributed by atoms with Gasteiger partial charge in [-0.05, 0) is 63.9 Å². The maximum atomic E-state index is 13.5. The molecule has 36 heavy (non-hydrogen) atoms. The first-order valence-corrected chi connectivity index (χ1v) is 13.9. The van der Waals surface area contributed by atoms with Crippen molar-refractivity contribution >= 4 is 33.1 Å². The SMILES string of the molecule is COCCN(CCOC)S(=O)(=O)c1ccc(C(=O)c2sc3c(c2C(N)=O)CC(C)(C)NC3(C)C)cc1. The van der Waals surface area contributed by atoms with E-state index >= 15 is 0 Å². The molecule has 0 aliphatic carbocycles. The number of rotatable bonds is 11. The van der Waals surface area contributed by atoms with E-state index in [1.807, 2.05) is 27.7 Å². The summed E-state index contributed by atoms with van der Waals surface area (Å²) in [5.41, 5.74) is 6.36. The second-order valence-corrected chi connectivity index (χ2v) is 13.0. The number of nitrogens with one attached hydrogen (secondary N) is 1. The molecule has 1 aromatic carbocycles. The van der Waals surface area contributed by atoms with Crippen LogP contribution in [0.2, 0.25) is 0 Å². The zero-order chi connectivity index (χ0) is 26.9. The largest absolute Gasteiger partial charge is 0.383 e. The number of ketones is 1. The van der Waals surface area contributed by atoms with E-state index in [9.17, 15) is 18.0 Å². The summed E-state index contributed by atoms with van der Waals surface area (Å²) in [5.74, 6) is -1.01. The van der Waals surface area contributed by atoms with Crippen molar-refractivity contribution in [2.75, 3.05) is 40.5 Å². The van der Waals surface area contributed by atoms with Crippen LogP contribution in [0.5, 0.6) is 0 Å². The van der Waals surface area contributed by atoms with Crippen LogP contribution in [0.4, 0.5) is 0 Å². The highest BCUT2D eigenvalue weighted by Crippen LogP contribution is 2.43. The highest BCUT2D eigenvalue weighted by atomic mass is 32.2. The van der Waals surface area contributed by atoms with Gasteiger partial charge in [0, 0.05) is 48.8 Å². The number of thiophene rings is 1. The molecule has 0 fully saturated rings. The third kappa shape index (κ3) is 5.71. The molecule has 1 aromatic heterocycles. The van der Waals surface area contributed by atoms with Gasteiger partial charge in [-0.3, -0.25) is 9.59 Å². The Bertz CT molecular complexity index is 1230. The van der Waals surface area contributed by atoms with Gasteiger partial charge in [0.1, 0.15) is 0 Å². The molecule has 11 heteroatoms. The Balaban J connectivity index is 1.98. The molecule has 0 saturated carbocycles. The Kier molecular flexibility index (Phi) is 8.43. The highest BCUT2D eigenvalue weighted by molar-refractivity contribution is 7.89. The zero-order valence-corrected chi connectivity index (χ0v) is 23.3. The maximum absolute atomic E-state index is 13.5. The van der Waals surface area contributed by atoms with Gasteiger partial charge in [-0.1, -0.05) is 0 Å². The van der Waals surface area contributed by atoms with Crippen LogP contribution in [0.15, 0.2) is 29.2 Å². The van der Waals surface area contributed by atoms with Crippen molar-refractivity contribution in [1.82, 2.24) is 9.62 Å². The molecule has 3 rings (SSSR count). The molecule has 2 heterocycles. The Morgan fingerprint density at radius 1 is 1.06 bits per heavy atom. The van der Waals surface area contributed by atoms with Gasteiger partial charge in [-0.2, -0.15) is 4.31 Å². The second kappa shape index (κ2) is 10.7. The summed E-state index contributed by atoms with van der Waals surface area (Å²) in [6.45, 7) is 8.94. The van der Waals surface area contributed by atoms with E-state index in [4.69, 9.17) is 15.2 Å². The average molecular weight is 538 g/mol. The number of hydrogen-bond acceptors (Lipinski definition) is 8. The van der Waals surface area contributed by atoms with Crippen LogP contribution in [0.1, 0.15) is 63.7 Å². The number of methoxy groups -OCH3 is 2. The molecule has 0 radical (unpaired) electrons. The first-order chi connectivity index (χ1) is 16.7. The average Bonchev–Trinajstić information content (AvgIpc) is 3.17. The van der Waals surface area contributed by atoms with Gasteiger partial charge in [-0.25, -0.2) is 8.42 Å². The van der Waals surface area contributed by atoms with E-state index in [0.29, 0.717) is 6.42 Å². The molecule has 0 spiro atoms. The summed E-state index contributed by atoms with van der Waals surface area (Å²) in [6, 6.07) is 5.75. The number of amides is 1. The number of fused-ring (bicyclic) bond motifs is 1. The summed E-state index contributed by atoms with van der Waals surface area (Å²) < 4.78 is 37.7. The van der Waals surface area contributed by atoms with Gasteiger partial charge < -0.3 is 20.5 Å². The second-order valence-electron chi connectivity index (χ2n) is 10.0. The molecular formula is C25H35N3O6S2. The van der Waals surface area contributed by atoms with E-state index in [1.54, 1.807) is 0 Å². The highest BCUT2D eigenvalue weighted by Gasteiger charge is 2.42. The molecule has 0 bridgehead atoms. The van der Waals surface area contributed by atoms with Gasteiger partial charge in [0.15, 0.2) is 0 Å². The van der Waals surface area contributed by atoms with Crippen molar-refractivity contribution in [1.29, 1.82) is 0 Å². The third-order valence-corrected chi connectivity index (χ3v) is 9.61. The molecule has 0 saturated heterocycles. The first-order valence-electron chi connectivity index (χ1n) is 11.6. The molecule has 0 atom stereocenters. The fourth-order valence-electron chi connectivity index (χ4n) is 4.74. The van der Waals surface area contributed by atoms with E-state index < -0.39 is 21.5 Å². The molecule has 3 N–H and O–H groups in total. The molecule has 9 nitrogen and oxygen atoms in total. The number of sulfonamides is 1. The Morgan fingerprint density at radius 3 is 2.11 bits per heavy atom. The number of nitrogens with zero attached hydrogens (tertiary/aromatic N) is 1. The summed E-state index contributed by atoms with van der Waals surface area (Å²) >= 11 is 1.27. The monoisotopic (exact) mass is 537 g/mol. The zero-order valence-electron chi connectivity index (χ0n) is 21.6. The van der Waals surface area contributed by atoms with Crippen molar-refractivity contribution in [2.24, 2.45) is 5.73 Å². The Labute approximate surface area is 217 Å². The normalized spacial score (nSPS) is 16.6. The molecule has 1 amide bonds. The van der Waals surface area contributed by atoms with Gasteiger partial charge in [-0.15, -0.1) is 11.3 Å². The van der Waals surface area contributed by atoms with Crippen LogP contribution in [-0.4, -0.2) is 70.5 Å². The lowest BCUT2D eigenvalue weighted by atomic mass is 9.80. The van der Waals surface area contributed by atoms with E-state index in [2.05, 4.69) is 5.32 Å². The smallest absolute Gasteiger partial charge is 0.250 e. The summed E-state index contributed by atoms with van der Waals surface area (Å²) in [6.07, 6.45) is 0.559. The van der Waals surface area contributed by atoms with E-state index in [-0.39, 0.29) is 58.5 Å². The third-order valence-electron chi connectivity index (χ3n) is 6.14. The summed E-state index contributed by atoms with van der Waals surface area (Å²) in [5, 5.41) is 3.57. The van der Waals surface area contributed by atoms with Gasteiger partial charge in [0.05, 0.1) is 28.5 Å². The van der Waals surface area contributed by atoms with Crippen molar-refractivity contribution < 1.29 is 27.5 Å². The van der Waals surface area contributed by atoms with Crippen molar-refractivity contribution in [3.63, 3.8) is 0 Å². The minimum absolute atomic E-state index is 0.0546. The number of primary amides is 1. The van der Waals surface area contributed by atoms with Gasteiger partial charge in [0.25, 0.3) is 5.91 Å². The molecule has 198 valence electrons. The van der Waals surface area contributed by atoms with Gasteiger partial charge in [0.2, 0.25) is 15.8 Å². The number of carbonyl (C=O) groups excluding carboxylic acids is 2. The van der Waals surface area contributed by atoms with Crippen molar-refractivity contribution in [3.8, 4) is 0 Å². The van der Waals surface area contributed by atoms with Crippen LogP contribution in [0.3, 0.4) is 0 Å². The quantitative estimate of drug-likeness (QED) is 0.422. The van der Waals surface area contributed by atoms with Gasteiger partial charge >= 0.3 is 0 Å². The summed E-state index contributed by atoms with van der Waals surface area (Å²) in [4.78, 5) is 27.3. The first kappa shape index (κ1) is 28.4. The number of nitrogens with two attached hydrogens (primary N) is 1. The predicted octanol–water partition coefficient (Wildman–Crippen LogP) is 2.52. The number of ether oxygens (including phenoxy) is 2. The number of benzene rings is 1. The van der Waals surface area contributed by atoms with Crippen LogP contribution < -0.4 is 11.1 Å². The Hall–Kier alpha value is -2.15. The van der Waals surface area contributed by atoms with Crippen LogP contribution in [0.25, 0.3) is 0 Å². The molecule has 1 aliphatic heterocycles. The van der Waals surface area contributed by atoms with E-state index in [0.717, 1.165) is 10.4 Å². The number of hydrogen-bond donors (Lipinski definition) is 2.